The van der Waals surface area contributed by atoms with Crippen molar-refractivity contribution in [2.45, 2.75) is 85.1 Å². The van der Waals surface area contributed by atoms with E-state index in [4.69, 9.17) is 5.73 Å². The van der Waals surface area contributed by atoms with Gasteiger partial charge in [0.1, 0.15) is 0 Å². The minimum Gasteiger partial charge on any atom is -0.327 e. The number of hydrogen-bond acceptors (Lipinski definition) is 2. The van der Waals surface area contributed by atoms with E-state index in [0.29, 0.717) is 11.5 Å². The maximum atomic E-state index is 5.99. The van der Waals surface area contributed by atoms with Gasteiger partial charge < -0.3 is 10.6 Å². The first-order chi connectivity index (χ1) is 9.87. The van der Waals surface area contributed by atoms with Crippen molar-refractivity contribution in [1.82, 2.24) is 4.90 Å². The van der Waals surface area contributed by atoms with E-state index in [1.165, 1.54) is 64.5 Å². The SMILES string of the molecule is CCCC(CCC(C)C)CN(C)CCCCC1(C)CC1N. The molecule has 1 rings (SSSR count). The molecule has 0 aromatic rings. The molecule has 0 saturated heterocycles. The minimum atomic E-state index is 0.486. The number of hydrogen-bond donors (Lipinski definition) is 1. The van der Waals surface area contributed by atoms with Crippen LogP contribution in [-0.4, -0.2) is 31.1 Å². The molecule has 0 spiro atoms. The average Bonchev–Trinajstić information content (AvgIpc) is 3.00. The summed E-state index contributed by atoms with van der Waals surface area (Å²) in [6.07, 6.45) is 10.8. The van der Waals surface area contributed by atoms with Gasteiger partial charge in [0.15, 0.2) is 0 Å². The third-order valence-corrected chi connectivity index (χ3v) is 5.38. The molecule has 0 aromatic heterocycles. The van der Waals surface area contributed by atoms with Gasteiger partial charge in [0, 0.05) is 12.6 Å². The fourth-order valence-electron chi connectivity index (χ4n) is 3.48. The van der Waals surface area contributed by atoms with Gasteiger partial charge in [0.25, 0.3) is 0 Å². The smallest absolute Gasteiger partial charge is 0.00992 e. The molecule has 2 N–H and O–H groups in total. The molecule has 2 heteroatoms. The fourth-order valence-corrected chi connectivity index (χ4v) is 3.48. The lowest BCUT2D eigenvalue weighted by Crippen LogP contribution is -2.27. The summed E-state index contributed by atoms with van der Waals surface area (Å²) >= 11 is 0. The molecule has 0 heterocycles. The lowest BCUT2D eigenvalue weighted by molar-refractivity contribution is 0.242. The zero-order valence-corrected chi connectivity index (χ0v) is 15.3. The number of nitrogens with zero attached hydrogens (tertiary/aromatic N) is 1. The predicted octanol–water partition coefficient (Wildman–Crippen LogP) is 4.68. The summed E-state index contributed by atoms with van der Waals surface area (Å²) in [4.78, 5) is 2.57. The Balaban J connectivity index is 2.12. The van der Waals surface area contributed by atoms with Crippen molar-refractivity contribution in [2.24, 2.45) is 23.0 Å². The normalized spacial score (nSPS) is 26.6. The maximum absolute atomic E-state index is 5.99. The molecule has 21 heavy (non-hydrogen) atoms. The van der Waals surface area contributed by atoms with Gasteiger partial charge in [-0.1, -0.05) is 47.0 Å². The van der Waals surface area contributed by atoms with Crippen LogP contribution in [0.5, 0.6) is 0 Å². The summed E-state index contributed by atoms with van der Waals surface area (Å²) in [6.45, 7) is 11.9. The van der Waals surface area contributed by atoms with Crippen molar-refractivity contribution in [3.8, 4) is 0 Å². The fraction of sp³-hybridized carbons (Fsp3) is 1.00. The Morgan fingerprint density at radius 1 is 1.19 bits per heavy atom. The molecule has 0 aromatic carbocycles. The van der Waals surface area contributed by atoms with Gasteiger partial charge in [0.05, 0.1) is 0 Å². The van der Waals surface area contributed by atoms with E-state index in [0.717, 1.165) is 11.8 Å². The van der Waals surface area contributed by atoms with Crippen molar-refractivity contribution in [3.63, 3.8) is 0 Å². The van der Waals surface area contributed by atoms with Gasteiger partial charge in [-0.2, -0.15) is 0 Å². The largest absolute Gasteiger partial charge is 0.327 e. The topological polar surface area (TPSA) is 29.3 Å². The Kier molecular flexibility index (Phi) is 8.26. The van der Waals surface area contributed by atoms with Crippen LogP contribution < -0.4 is 5.73 Å². The first kappa shape index (κ1) is 19.0. The van der Waals surface area contributed by atoms with E-state index in [1.54, 1.807) is 0 Å². The first-order valence-electron chi connectivity index (χ1n) is 9.31. The second-order valence-electron chi connectivity index (χ2n) is 8.31. The summed E-state index contributed by atoms with van der Waals surface area (Å²) in [7, 11) is 2.31. The molecule has 0 bridgehead atoms. The van der Waals surface area contributed by atoms with Gasteiger partial charge in [0.2, 0.25) is 0 Å². The standard InChI is InChI=1S/C19H40N2/c1-6-9-17(11-10-16(2)3)15-21(5)13-8-7-12-19(4)14-18(19)20/h16-18H,6-15,20H2,1-5H3. The number of rotatable bonds is 12. The van der Waals surface area contributed by atoms with Crippen LogP contribution >= 0.6 is 0 Å². The van der Waals surface area contributed by atoms with Crippen molar-refractivity contribution < 1.29 is 0 Å². The van der Waals surface area contributed by atoms with Gasteiger partial charge in [-0.25, -0.2) is 0 Å². The third kappa shape index (κ3) is 7.65. The first-order valence-corrected chi connectivity index (χ1v) is 9.31. The van der Waals surface area contributed by atoms with E-state index in [1.807, 2.05) is 0 Å². The molecule has 126 valence electrons. The summed E-state index contributed by atoms with van der Waals surface area (Å²) in [5.74, 6) is 1.75. The molecule has 1 fully saturated rings. The van der Waals surface area contributed by atoms with Crippen molar-refractivity contribution in [2.75, 3.05) is 20.1 Å². The van der Waals surface area contributed by atoms with E-state index in [-0.39, 0.29) is 0 Å². The number of unbranched alkanes of at least 4 members (excludes halogenated alkanes) is 1. The van der Waals surface area contributed by atoms with E-state index in [2.05, 4.69) is 39.6 Å². The highest BCUT2D eigenvalue weighted by Crippen LogP contribution is 2.47. The van der Waals surface area contributed by atoms with Gasteiger partial charge in [-0.3, -0.25) is 0 Å². The molecule has 3 unspecified atom stereocenters. The van der Waals surface area contributed by atoms with Crippen LogP contribution in [0, 0.1) is 17.3 Å². The summed E-state index contributed by atoms with van der Waals surface area (Å²) in [5, 5.41) is 0. The van der Waals surface area contributed by atoms with Crippen LogP contribution in [0.2, 0.25) is 0 Å². The maximum Gasteiger partial charge on any atom is 0.00992 e. The van der Waals surface area contributed by atoms with E-state index < -0.39 is 0 Å². The predicted molar refractivity (Wildman–Crippen MR) is 94.5 cm³/mol. The average molecular weight is 297 g/mol. The Labute approximate surface area is 133 Å². The highest BCUT2D eigenvalue weighted by Gasteiger charge is 2.46. The molecule has 0 amide bonds. The van der Waals surface area contributed by atoms with Gasteiger partial charge >= 0.3 is 0 Å². The Bertz CT molecular complexity index is 277. The van der Waals surface area contributed by atoms with E-state index in [9.17, 15) is 0 Å². The Morgan fingerprint density at radius 3 is 2.38 bits per heavy atom. The van der Waals surface area contributed by atoms with Gasteiger partial charge in [-0.05, 0) is 62.9 Å². The van der Waals surface area contributed by atoms with Crippen molar-refractivity contribution >= 4 is 0 Å². The quantitative estimate of drug-likeness (QED) is 0.530. The zero-order chi connectivity index (χ0) is 15.9. The Morgan fingerprint density at radius 2 is 1.86 bits per heavy atom. The monoisotopic (exact) mass is 296 g/mol. The third-order valence-electron chi connectivity index (χ3n) is 5.38. The lowest BCUT2D eigenvalue weighted by atomic mass is 9.93. The highest BCUT2D eigenvalue weighted by atomic mass is 15.1. The van der Waals surface area contributed by atoms with Crippen LogP contribution in [0.1, 0.15) is 79.1 Å². The molecule has 1 aliphatic carbocycles. The van der Waals surface area contributed by atoms with Crippen LogP contribution in [0.15, 0.2) is 0 Å². The van der Waals surface area contributed by atoms with Gasteiger partial charge in [-0.15, -0.1) is 0 Å². The summed E-state index contributed by atoms with van der Waals surface area (Å²) in [6, 6.07) is 0.486. The molecule has 0 aliphatic heterocycles. The van der Waals surface area contributed by atoms with E-state index >= 15 is 0 Å². The second-order valence-corrected chi connectivity index (χ2v) is 8.31. The van der Waals surface area contributed by atoms with Crippen molar-refractivity contribution in [1.29, 1.82) is 0 Å². The summed E-state index contributed by atoms with van der Waals surface area (Å²) in [5.41, 5.74) is 6.48. The molecule has 1 aliphatic rings. The minimum absolute atomic E-state index is 0.486. The van der Waals surface area contributed by atoms with Crippen LogP contribution in [-0.2, 0) is 0 Å². The zero-order valence-electron chi connectivity index (χ0n) is 15.3. The lowest BCUT2D eigenvalue weighted by Gasteiger charge is -2.24. The highest BCUT2D eigenvalue weighted by molar-refractivity contribution is 5.02. The molecule has 3 atom stereocenters. The Hall–Kier alpha value is -0.0800. The van der Waals surface area contributed by atoms with Crippen molar-refractivity contribution in [3.05, 3.63) is 0 Å². The molecule has 0 radical (unpaired) electrons. The number of nitrogens with two attached hydrogens (primary N) is 1. The van der Waals surface area contributed by atoms with Crippen LogP contribution in [0.4, 0.5) is 0 Å². The van der Waals surface area contributed by atoms with Crippen LogP contribution in [0.3, 0.4) is 0 Å². The molecule has 1 saturated carbocycles. The van der Waals surface area contributed by atoms with Crippen LogP contribution in [0.25, 0.3) is 0 Å². The molecular formula is C19H40N2. The molecule has 2 nitrogen and oxygen atoms in total. The molecular weight excluding hydrogens is 256 g/mol. The second kappa shape index (κ2) is 9.15. The summed E-state index contributed by atoms with van der Waals surface area (Å²) < 4.78 is 0.